The fraction of sp³-hybridized carbons (Fsp3) is 0.0625. The predicted octanol–water partition coefficient (Wildman–Crippen LogP) is 3.42. The number of nitrogens with one attached hydrogen (secondary N) is 1. The maximum Gasteiger partial charge on any atom is 0.226 e. The minimum atomic E-state index is -0.478. The Kier molecular flexibility index (Phi) is 4.25. The molecule has 0 saturated carbocycles. The van der Waals surface area contributed by atoms with Crippen LogP contribution in [0.25, 0.3) is 5.76 Å². The Morgan fingerprint density at radius 3 is 2.96 bits per heavy atom. The molecule has 2 aromatic heterocycles. The molecule has 7 heteroatoms. The summed E-state index contributed by atoms with van der Waals surface area (Å²) in [6.07, 6.45) is 4.15. The van der Waals surface area contributed by atoms with Gasteiger partial charge < -0.3 is 9.52 Å². The van der Waals surface area contributed by atoms with E-state index in [-0.39, 0.29) is 11.6 Å². The van der Waals surface area contributed by atoms with Crippen LogP contribution in [-0.2, 0) is 6.42 Å². The van der Waals surface area contributed by atoms with Crippen molar-refractivity contribution in [1.82, 2.24) is 15.2 Å². The van der Waals surface area contributed by atoms with Gasteiger partial charge in [-0.15, -0.1) is 0 Å². The molecule has 0 atom stereocenters. The van der Waals surface area contributed by atoms with Gasteiger partial charge in [-0.05, 0) is 17.7 Å². The quantitative estimate of drug-likeness (QED) is 0.425. The van der Waals surface area contributed by atoms with Gasteiger partial charge in [0.2, 0.25) is 5.78 Å². The number of hydrogen-bond donors (Lipinski definition) is 2. The highest BCUT2D eigenvalue weighted by molar-refractivity contribution is 6.31. The van der Waals surface area contributed by atoms with Crippen molar-refractivity contribution < 1.29 is 14.3 Å². The van der Waals surface area contributed by atoms with Crippen molar-refractivity contribution in [3.63, 3.8) is 0 Å². The number of aliphatic hydroxyl groups is 1. The molecule has 2 N–H and O–H groups in total. The minimum Gasteiger partial charge on any atom is -0.507 e. The van der Waals surface area contributed by atoms with Crippen LogP contribution in [0.4, 0.5) is 0 Å². The topological polar surface area (TPSA) is 92.0 Å². The largest absolute Gasteiger partial charge is 0.507 e. The lowest BCUT2D eigenvalue weighted by Crippen LogP contribution is -1.99. The van der Waals surface area contributed by atoms with Gasteiger partial charge in [0, 0.05) is 17.5 Å². The molecule has 6 nitrogen and oxygen atoms in total. The van der Waals surface area contributed by atoms with Gasteiger partial charge in [0.05, 0.1) is 5.56 Å². The van der Waals surface area contributed by atoms with Gasteiger partial charge in [-0.3, -0.25) is 9.89 Å². The molecule has 23 heavy (non-hydrogen) atoms. The van der Waals surface area contributed by atoms with E-state index < -0.39 is 5.78 Å². The maximum atomic E-state index is 11.8. The van der Waals surface area contributed by atoms with E-state index in [4.69, 9.17) is 16.0 Å². The Bertz CT molecular complexity index is 853. The molecule has 116 valence electrons. The van der Waals surface area contributed by atoms with Crippen LogP contribution in [0, 0.1) is 0 Å². The second-order valence-electron chi connectivity index (χ2n) is 4.80. The summed E-state index contributed by atoms with van der Waals surface area (Å²) in [6.45, 7) is 0. The van der Waals surface area contributed by atoms with Crippen molar-refractivity contribution in [1.29, 1.82) is 0 Å². The van der Waals surface area contributed by atoms with E-state index in [0.717, 1.165) is 11.6 Å². The highest BCUT2D eigenvalue weighted by Crippen LogP contribution is 2.22. The molecule has 0 spiro atoms. The lowest BCUT2D eigenvalue weighted by molar-refractivity contribution is 0.103. The summed E-state index contributed by atoms with van der Waals surface area (Å²) in [6, 6.07) is 9.09. The first kappa shape index (κ1) is 15.1. The second-order valence-corrected chi connectivity index (χ2v) is 5.20. The Balaban J connectivity index is 1.76. The standard InChI is InChI=1S/C16H12ClN3O3/c17-13-4-2-1-3-10(13)5-12-6-11(8-23-12)14(21)7-15(22)16-18-9-19-20-16/h1-4,6-9,21H,5H2,(H,18,19,20). The van der Waals surface area contributed by atoms with Crippen molar-refractivity contribution >= 4 is 23.1 Å². The minimum absolute atomic E-state index is 0.0522. The van der Waals surface area contributed by atoms with Crippen LogP contribution in [0.5, 0.6) is 0 Å². The normalized spacial score (nSPS) is 11.6. The fourth-order valence-corrected chi connectivity index (χ4v) is 2.24. The molecule has 0 amide bonds. The number of allylic oxidation sites excluding steroid dienone is 1. The predicted molar refractivity (Wildman–Crippen MR) is 84.3 cm³/mol. The third kappa shape index (κ3) is 3.49. The summed E-state index contributed by atoms with van der Waals surface area (Å²) < 4.78 is 5.41. The lowest BCUT2D eigenvalue weighted by atomic mass is 10.1. The molecule has 0 aliphatic rings. The summed E-state index contributed by atoms with van der Waals surface area (Å²) in [7, 11) is 0. The molecule has 0 aliphatic carbocycles. The molecule has 0 saturated heterocycles. The Labute approximate surface area is 136 Å². The average Bonchev–Trinajstić information content (AvgIpc) is 3.21. The van der Waals surface area contributed by atoms with Crippen molar-refractivity contribution in [2.24, 2.45) is 0 Å². The molecule has 1 aromatic carbocycles. The number of nitrogens with zero attached hydrogens (tertiary/aromatic N) is 2. The van der Waals surface area contributed by atoms with Gasteiger partial charge in [-0.2, -0.15) is 5.10 Å². The molecule has 0 bridgehead atoms. The second kappa shape index (κ2) is 6.50. The van der Waals surface area contributed by atoms with E-state index in [2.05, 4.69) is 15.2 Å². The number of benzene rings is 1. The number of ketones is 1. The van der Waals surface area contributed by atoms with Crippen LogP contribution in [0.3, 0.4) is 0 Å². The molecule has 0 unspecified atom stereocenters. The third-order valence-corrected chi connectivity index (χ3v) is 3.56. The van der Waals surface area contributed by atoms with Crippen LogP contribution in [0.1, 0.15) is 27.5 Å². The fourth-order valence-electron chi connectivity index (χ4n) is 2.04. The monoisotopic (exact) mass is 329 g/mol. The first-order valence-electron chi connectivity index (χ1n) is 6.75. The van der Waals surface area contributed by atoms with Gasteiger partial charge in [-0.1, -0.05) is 29.8 Å². The van der Waals surface area contributed by atoms with E-state index in [1.165, 1.54) is 12.6 Å². The third-order valence-electron chi connectivity index (χ3n) is 3.19. The van der Waals surface area contributed by atoms with Crippen LogP contribution in [0.2, 0.25) is 5.02 Å². The maximum absolute atomic E-state index is 11.8. The molecule has 0 fully saturated rings. The van der Waals surface area contributed by atoms with Crippen molar-refractivity contribution in [2.45, 2.75) is 6.42 Å². The Morgan fingerprint density at radius 1 is 1.39 bits per heavy atom. The van der Waals surface area contributed by atoms with Crippen LogP contribution < -0.4 is 0 Å². The molecule has 3 aromatic rings. The number of carbonyl (C=O) groups is 1. The molecule has 3 rings (SSSR count). The zero-order chi connectivity index (χ0) is 16.2. The summed E-state index contributed by atoms with van der Waals surface area (Å²) in [4.78, 5) is 15.5. The van der Waals surface area contributed by atoms with E-state index in [9.17, 15) is 9.90 Å². The van der Waals surface area contributed by atoms with Crippen molar-refractivity contribution in [2.75, 3.05) is 0 Å². The van der Waals surface area contributed by atoms with Crippen LogP contribution >= 0.6 is 11.6 Å². The Morgan fingerprint density at radius 2 is 2.22 bits per heavy atom. The Hall–Kier alpha value is -2.86. The van der Waals surface area contributed by atoms with E-state index in [0.29, 0.717) is 22.8 Å². The summed E-state index contributed by atoms with van der Waals surface area (Å²) in [5.74, 6) is -0.00841. The number of halogens is 1. The van der Waals surface area contributed by atoms with Crippen LogP contribution in [0.15, 0.2) is 53.4 Å². The number of aromatic amines is 1. The smallest absolute Gasteiger partial charge is 0.226 e. The van der Waals surface area contributed by atoms with Gasteiger partial charge in [-0.25, -0.2) is 4.98 Å². The van der Waals surface area contributed by atoms with Gasteiger partial charge in [0.25, 0.3) is 0 Å². The molecular formula is C16H12ClN3O3. The average molecular weight is 330 g/mol. The van der Waals surface area contributed by atoms with Crippen LogP contribution in [-0.4, -0.2) is 26.1 Å². The van der Waals surface area contributed by atoms with Crippen molar-refractivity contribution in [3.05, 3.63) is 76.7 Å². The zero-order valence-corrected chi connectivity index (χ0v) is 12.6. The number of furan rings is 1. The number of hydrogen-bond acceptors (Lipinski definition) is 5. The SMILES string of the molecule is O=C(C=C(O)c1coc(Cc2ccccc2Cl)c1)c1ncn[nH]1. The van der Waals surface area contributed by atoms with E-state index in [1.54, 1.807) is 12.1 Å². The van der Waals surface area contributed by atoms with E-state index in [1.807, 2.05) is 18.2 Å². The number of aliphatic hydroxyl groups excluding tert-OH is 1. The first-order valence-corrected chi connectivity index (χ1v) is 7.13. The zero-order valence-electron chi connectivity index (χ0n) is 11.9. The number of H-pyrrole nitrogens is 1. The molecular weight excluding hydrogens is 318 g/mol. The first-order chi connectivity index (χ1) is 11.1. The number of aromatic nitrogens is 3. The summed E-state index contributed by atoms with van der Waals surface area (Å²) in [5, 5.41) is 16.7. The highest BCUT2D eigenvalue weighted by Gasteiger charge is 2.12. The van der Waals surface area contributed by atoms with Gasteiger partial charge >= 0.3 is 0 Å². The summed E-state index contributed by atoms with van der Waals surface area (Å²) in [5.41, 5.74) is 1.32. The lowest BCUT2D eigenvalue weighted by Gasteiger charge is -2.00. The van der Waals surface area contributed by atoms with Gasteiger partial charge in [0.1, 0.15) is 24.1 Å². The van der Waals surface area contributed by atoms with Crippen molar-refractivity contribution in [3.8, 4) is 0 Å². The number of rotatable bonds is 5. The highest BCUT2D eigenvalue weighted by atomic mass is 35.5. The summed E-state index contributed by atoms with van der Waals surface area (Å²) >= 11 is 6.11. The molecule has 0 aliphatic heterocycles. The van der Waals surface area contributed by atoms with E-state index >= 15 is 0 Å². The molecule has 0 radical (unpaired) electrons. The van der Waals surface area contributed by atoms with Gasteiger partial charge in [0.15, 0.2) is 5.82 Å². The molecule has 2 heterocycles. The number of carbonyl (C=O) groups excluding carboxylic acids is 1.